The summed E-state index contributed by atoms with van der Waals surface area (Å²) in [6.07, 6.45) is 2.60. The number of rotatable bonds is 6. The first-order valence-corrected chi connectivity index (χ1v) is 7.57. The summed E-state index contributed by atoms with van der Waals surface area (Å²) in [6, 6.07) is 11.3. The van der Waals surface area contributed by atoms with Crippen molar-refractivity contribution >= 4 is 23.2 Å². The molecule has 22 heavy (non-hydrogen) atoms. The second kappa shape index (κ2) is 7.92. The van der Waals surface area contributed by atoms with E-state index in [9.17, 15) is 4.79 Å². The fourth-order valence-corrected chi connectivity index (χ4v) is 2.28. The van der Waals surface area contributed by atoms with Crippen molar-refractivity contribution in [1.82, 2.24) is 9.88 Å². The molecule has 1 aromatic heterocycles. The third kappa shape index (κ3) is 4.83. The number of benzene rings is 1. The summed E-state index contributed by atoms with van der Waals surface area (Å²) in [5.74, 6) is -0.0473. The highest BCUT2D eigenvalue weighted by Crippen LogP contribution is 2.22. The van der Waals surface area contributed by atoms with Crippen LogP contribution >= 0.6 is 11.6 Å². The Morgan fingerprint density at radius 1 is 1.27 bits per heavy atom. The van der Waals surface area contributed by atoms with E-state index in [-0.39, 0.29) is 5.91 Å². The third-order valence-corrected chi connectivity index (χ3v) is 3.84. The lowest BCUT2D eigenvalue weighted by molar-refractivity contribution is -0.117. The van der Waals surface area contributed by atoms with Gasteiger partial charge in [-0.05, 0) is 43.8 Å². The molecule has 1 amide bonds. The number of anilines is 1. The van der Waals surface area contributed by atoms with E-state index in [1.165, 1.54) is 0 Å². The van der Waals surface area contributed by atoms with Crippen LogP contribution in [0.25, 0.3) is 0 Å². The lowest BCUT2D eigenvalue weighted by Gasteiger charge is -2.16. The van der Waals surface area contributed by atoms with E-state index in [1.54, 1.807) is 6.20 Å². The molecule has 0 spiro atoms. The second-order valence-corrected chi connectivity index (χ2v) is 5.68. The predicted octanol–water partition coefficient (Wildman–Crippen LogP) is 3.16. The highest BCUT2D eigenvalue weighted by atomic mass is 35.5. The Morgan fingerprint density at radius 3 is 2.82 bits per heavy atom. The van der Waals surface area contributed by atoms with Crippen molar-refractivity contribution in [3.8, 4) is 0 Å². The van der Waals surface area contributed by atoms with Crippen LogP contribution in [0.4, 0.5) is 5.69 Å². The molecule has 0 saturated carbocycles. The lowest BCUT2D eigenvalue weighted by atomic mass is 10.2. The van der Waals surface area contributed by atoms with E-state index in [1.807, 2.05) is 55.3 Å². The molecule has 2 rings (SSSR count). The fraction of sp³-hybridized carbons (Fsp3) is 0.294. The number of nitrogens with zero attached hydrogens (tertiary/aromatic N) is 2. The van der Waals surface area contributed by atoms with Crippen molar-refractivity contribution in [2.45, 2.75) is 13.3 Å². The highest BCUT2D eigenvalue weighted by molar-refractivity contribution is 6.31. The van der Waals surface area contributed by atoms with Crippen LogP contribution in [0, 0.1) is 6.92 Å². The molecule has 116 valence electrons. The molecule has 0 fully saturated rings. The van der Waals surface area contributed by atoms with E-state index in [2.05, 4.69) is 10.3 Å². The Labute approximate surface area is 136 Å². The maximum Gasteiger partial charge on any atom is 0.238 e. The standard InChI is InChI=1S/C17H20ClN3O/c1-13-15(18)7-5-8-16(13)20-17(22)12-21(2)11-9-14-6-3-4-10-19-14/h3-8,10H,9,11-12H2,1-2H3,(H,20,22). The van der Waals surface area contributed by atoms with E-state index >= 15 is 0 Å². The average Bonchev–Trinajstić information content (AvgIpc) is 2.51. The van der Waals surface area contributed by atoms with E-state index < -0.39 is 0 Å². The van der Waals surface area contributed by atoms with Gasteiger partial charge >= 0.3 is 0 Å². The van der Waals surface area contributed by atoms with Gasteiger partial charge in [-0.15, -0.1) is 0 Å². The summed E-state index contributed by atoms with van der Waals surface area (Å²) in [4.78, 5) is 18.3. The molecular formula is C17H20ClN3O. The summed E-state index contributed by atoms with van der Waals surface area (Å²) in [6.45, 7) is 3.00. The van der Waals surface area contributed by atoms with Gasteiger partial charge in [-0.2, -0.15) is 0 Å². The number of nitrogens with one attached hydrogen (secondary N) is 1. The minimum absolute atomic E-state index is 0.0473. The largest absolute Gasteiger partial charge is 0.325 e. The zero-order valence-corrected chi connectivity index (χ0v) is 13.6. The van der Waals surface area contributed by atoms with Gasteiger partial charge in [0.2, 0.25) is 5.91 Å². The number of carbonyl (C=O) groups is 1. The Bertz CT molecular complexity index is 631. The van der Waals surface area contributed by atoms with Crippen LogP contribution in [0.15, 0.2) is 42.6 Å². The van der Waals surface area contributed by atoms with Gasteiger partial charge in [0.1, 0.15) is 0 Å². The number of carbonyl (C=O) groups excluding carboxylic acids is 1. The summed E-state index contributed by atoms with van der Waals surface area (Å²) in [5.41, 5.74) is 2.67. The first kappa shape index (κ1) is 16.5. The topological polar surface area (TPSA) is 45.2 Å². The normalized spacial score (nSPS) is 10.7. The van der Waals surface area contributed by atoms with Crippen LogP contribution < -0.4 is 5.32 Å². The number of hydrogen-bond acceptors (Lipinski definition) is 3. The molecule has 5 heteroatoms. The van der Waals surface area contributed by atoms with E-state index in [0.29, 0.717) is 11.6 Å². The first-order chi connectivity index (χ1) is 10.6. The van der Waals surface area contributed by atoms with Crippen molar-refractivity contribution < 1.29 is 4.79 Å². The molecule has 4 nitrogen and oxygen atoms in total. The number of aromatic nitrogens is 1. The number of likely N-dealkylation sites (N-methyl/N-ethyl adjacent to an activating group) is 1. The Kier molecular flexibility index (Phi) is 5.92. The molecular weight excluding hydrogens is 298 g/mol. The van der Waals surface area contributed by atoms with Gasteiger partial charge in [-0.3, -0.25) is 14.7 Å². The second-order valence-electron chi connectivity index (χ2n) is 5.27. The zero-order valence-electron chi connectivity index (χ0n) is 12.8. The smallest absolute Gasteiger partial charge is 0.238 e. The van der Waals surface area contributed by atoms with Crippen molar-refractivity contribution in [1.29, 1.82) is 0 Å². The van der Waals surface area contributed by atoms with Gasteiger partial charge in [0, 0.05) is 35.6 Å². The number of pyridine rings is 1. The molecule has 0 aliphatic rings. The van der Waals surface area contributed by atoms with Crippen molar-refractivity contribution in [2.24, 2.45) is 0 Å². The van der Waals surface area contributed by atoms with Gasteiger partial charge in [0.05, 0.1) is 6.54 Å². The average molecular weight is 318 g/mol. The molecule has 0 saturated heterocycles. The van der Waals surface area contributed by atoms with Crippen molar-refractivity contribution in [2.75, 3.05) is 25.5 Å². The van der Waals surface area contributed by atoms with Gasteiger partial charge < -0.3 is 5.32 Å². The molecule has 2 aromatic rings. The first-order valence-electron chi connectivity index (χ1n) is 7.19. The fourth-order valence-electron chi connectivity index (χ4n) is 2.11. The van der Waals surface area contributed by atoms with Crippen LogP contribution in [-0.4, -0.2) is 35.9 Å². The molecule has 1 aromatic carbocycles. The minimum atomic E-state index is -0.0473. The molecule has 0 aliphatic heterocycles. The molecule has 1 N–H and O–H groups in total. The van der Waals surface area contributed by atoms with Crippen LogP contribution in [0.1, 0.15) is 11.3 Å². The van der Waals surface area contributed by atoms with E-state index in [0.717, 1.165) is 29.9 Å². The zero-order chi connectivity index (χ0) is 15.9. The van der Waals surface area contributed by atoms with Gasteiger partial charge in [-0.25, -0.2) is 0 Å². The maximum absolute atomic E-state index is 12.1. The molecule has 0 aliphatic carbocycles. The molecule has 0 unspecified atom stereocenters. The third-order valence-electron chi connectivity index (χ3n) is 3.43. The lowest BCUT2D eigenvalue weighted by Crippen LogP contribution is -2.31. The predicted molar refractivity (Wildman–Crippen MR) is 90.3 cm³/mol. The van der Waals surface area contributed by atoms with Gasteiger partial charge in [0.15, 0.2) is 0 Å². The summed E-state index contributed by atoms with van der Waals surface area (Å²) < 4.78 is 0. The highest BCUT2D eigenvalue weighted by Gasteiger charge is 2.09. The Balaban J connectivity index is 1.82. The van der Waals surface area contributed by atoms with Crippen LogP contribution in [-0.2, 0) is 11.2 Å². The van der Waals surface area contributed by atoms with Crippen LogP contribution in [0.5, 0.6) is 0 Å². The minimum Gasteiger partial charge on any atom is -0.325 e. The van der Waals surface area contributed by atoms with E-state index in [4.69, 9.17) is 11.6 Å². The SMILES string of the molecule is Cc1c(Cl)cccc1NC(=O)CN(C)CCc1ccccn1. The van der Waals surface area contributed by atoms with Gasteiger partial charge in [-0.1, -0.05) is 23.7 Å². The number of hydrogen-bond donors (Lipinski definition) is 1. The van der Waals surface area contributed by atoms with Crippen LogP contribution in [0.3, 0.4) is 0 Å². The molecule has 0 radical (unpaired) electrons. The van der Waals surface area contributed by atoms with Crippen LogP contribution in [0.2, 0.25) is 5.02 Å². The number of halogens is 1. The van der Waals surface area contributed by atoms with Crippen molar-refractivity contribution in [3.63, 3.8) is 0 Å². The molecule has 0 bridgehead atoms. The van der Waals surface area contributed by atoms with Gasteiger partial charge in [0.25, 0.3) is 0 Å². The summed E-state index contributed by atoms with van der Waals surface area (Å²) >= 11 is 6.05. The maximum atomic E-state index is 12.1. The Morgan fingerprint density at radius 2 is 2.09 bits per heavy atom. The molecule has 1 heterocycles. The monoisotopic (exact) mass is 317 g/mol. The van der Waals surface area contributed by atoms with Crippen molar-refractivity contribution in [3.05, 3.63) is 58.9 Å². The summed E-state index contributed by atoms with van der Waals surface area (Å²) in [5, 5.41) is 3.55. The quantitative estimate of drug-likeness (QED) is 0.890. The Hall–Kier alpha value is -1.91. The number of amides is 1. The molecule has 0 atom stereocenters. The summed E-state index contributed by atoms with van der Waals surface area (Å²) in [7, 11) is 1.92.